The third kappa shape index (κ3) is 2.83. The van der Waals surface area contributed by atoms with Crippen LogP contribution in [0.25, 0.3) is 11.1 Å². The van der Waals surface area contributed by atoms with Gasteiger partial charge in [0.1, 0.15) is 11.6 Å². The Bertz CT molecular complexity index is 1060. The first-order valence-electron chi connectivity index (χ1n) is 8.12. The van der Waals surface area contributed by atoms with E-state index in [0.29, 0.717) is 39.6 Å². The molecule has 0 aliphatic rings. The number of amides is 1. The van der Waals surface area contributed by atoms with Crippen LogP contribution < -0.4 is 4.90 Å². The number of hydrogen-bond donors (Lipinski definition) is 0. The van der Waals surface area contributed by atoms with Gasteiger partial charge in [0.15, 0.2) is 0 Å². The molecule has 4 aromatic rings. The van der Waals surface area contributed by atoms with Crippen molar-refractivity contribution < 1.29 is 13.7 Å². The van der Waals surface area contributed by atoms with E-state index in [4.69, 9.17) is 8.94 Å². The summed E-state index contributed by atoms with van der Waals surface area (Å²) in [7, 11) is 0. The summed E-state index contributed by atoms with van der Waals surface area (Å²) >= 11 is 0. The molecule has 1 amide bonds. The first kappa shape index (κ1) is 16.0. The molecule has 0 spiro atoms. The third-order valence-corrected chi connectivity index (χ3v) is 4.04. The Labute approximate surface area is 149 Å². The number of fused-ring (bicyclic) bond motifs is 1. The Hall–Kier alpha value is -3.48. The van der Waals surface area contributed by atoms with E-state index in [1.54, 1.807) is 48.5 Å². The van der Waals surface area contributed by atoms with Gasteiger partial charge in [-0.25, -0.2) is 9.97 Å². The number of furan rings is 1. The highest BCUT2D eigenvalue weighted by Crippen LogP contribution is 2.26. The Morgan fingerprint density at radius 2 is 2.08 bits per heavy atom. The summed E-state index contributed by atoms with van der Waals surface area (Å²) in [4.78, 5) is 23.6. The number of nitrogens with zero attached hydrogens (tertiary/aromatic N) is 4. The maximum Gasteiger partial charge on any atom is 0.260 e. The number of pyridine rings is 2. The lowest BCUT2D eigenvalue weighted by molar-refractivity contribution is 0.0983. The third-order valence-electron chi connectivity index (χ3n) is 4.04. The summed E-state index contributed by atoms with van der Waals surface area (Å²) < 4.78 is 10.7. The molecule has 4 aromatic heterocycles. The molecule has 0 unspecified atom stereocenters. The SMILES string of the molecule is Cc1cc(C(=O)N(Cc2ccco2)c2ccccn2)c2c(C)noc2n1. The minimum atomic E-state index is -0.220. The number of hydrogen-bond acceptors (Lipinski definition) is 6. The van der Waals surface area contributed by atoms with Crippen LogP contribution in [0.3, 0.4) is 0 Å². The fraction of sp³-hybridized carbons (Fsp3) is 0.158. The molecular formula is C19H16N4O3. The second-order valence-electron chi connectivity index (χ2n) is 5.92. The number of aromatic nitrogens is 3. The van der Waals surface area contributed by atoms with Gasteiger partial charge in [0, 0.05) is 11.9 Å². The van der Waals surface area contributed by atoms with Gasteiger partial charge in [0.25, 0.3) is 11.6 Å². The van der Waals surface area contributed by atoms with Gasteiger partial charge in [-0.1, -0.05) is 11.2 Å². The summed E-state index contributed by atoms with van der Waals surface area (Å²) in [5, 5.41) is 4.56. The lowest BCUT2D eigenvalue weighted by atomic mass is 10.1. The molecule has 0 bridgehead atoms. The predicted molar refractivity (Wildman–Crippen MR) is 94.7 cm³/mol. The molecule has 7 heteroatoms. The van der Waals surface area contributed by atoms with Gasteiger partial charge < -0.3 is 8.94 Å². The highest BCUT2D eigenvalue weighted by Gasteiger charge is 2.25. The van der Waals surface area contributed by atoms with Gasteiger partial charge in [0.05, 0.1) is 29.5 Å². The average molecular weight is 348 g/mol. The second kappa shape index (κ2) is 6.44. The first-order chi connectivity index (χ1) is 12.6. The van der Waals surface area contributed by atoms with E-state index >= 15 is 0 Å². The number of carbonyl (C=O) groups excluding carboxylic acids is 1. The van der Waals surface area contributed by atoms with Crippen molar-refractivity contribution in [1.29, 1.82) is 0 Å². The maximum absolute atomic E-state index is 13.4. The molecule has 26 heavy (non-hydrogen) atoms. The molecular weight excluding hydrogens is 332 g/mol. The number of rotatable bonds is 4. The van der Waals surface area contributed by atoms with E-state index in [2.05, 4.69) is 15.1 Å². The normalized spacial score (nSPS) is 11.0. The van der Waals surface area contributed by atoms with Crippen molar-refractivity contribution >= 4 is 22.8 Å². The van der Waals surface area contributed by atoms with Crippen molar-refractivity contribution in [1.82, 2.24) is 15.1 Å². The van der Waals surface area contributed by atoms with Crippen LogP contribution >= 0.6 is 0 Å². The van der Waals surface area contributed by atoms with Crippen LogP contribution in [-0.2, 0) is 6.54 Å². The van der Waals surface area contributed by atoms with E-state index < -0.39 is 0 Å². The molecule has 4 heterocycles. The van der Waals surface area contributed by atoms with Gasteiger partial charge in [-0.15, -0.1) is 0 Å². The van der Waals surface area contributed by atoms with E-state index in [-0.39, 0.29) is 12.5 Å². The van der Waals surface area contributed by atoms with E-state index in [9.17, 15) is 4.79 Å². The molecule has 0 saturated carbocycles. The van der Waals surface area contributed by atoms with Gasteiger partial charge >= 0.3 is 0 Å². The minimum Gasteiger partial charge on any atom is -0.467 e. The van der Waals surface area contributed by atoms with E-state index in [1.165, 1.54) is 0 Å². The molecule has 0 atom stereocenters. The van der Waals surface area contributed by atoms with E-state index in [1.807, 2.05) is 19.1 Å². The smallest absolute Gasteiger partial charge is 0.260 e. The van der Waals surface area contributed by atoms with Crippen molar-refractivity contribution in [3.05, 3.63) is 71.6 Å². The summed E-state index contributed by atoms with van der Waals surface area (Å²) in [5.74, 6) is 0.973. The van der Waals surface area contributed by atoms with Crippen molar-refractivity contribution in [3.8, 4) is 0 Å². The number of aryl methyl sites for hydroxylation is 2. The van der Waals surface area contributed by atoms with Crippen LogP contribution in [0.4, 0.5) is 5.82 Å². The predicted octanol–water partition coefficient (Wildman–Crippen LogP) is 3.67. The Morgan fingerprint density at radius 1 is 1.19 bits per heavy atom. The quantitative estimate of drug-likeness (QED) is 0.559. The molecule has 0 fully saturated rings. The fourth-order valence-electron chi connectivity index (χ4n) is 2.86. The molecule has 130 valence electrons. The zero-order valence-corrected chi connectivity index (χ0v) is 14.3. The lowest BCUT2D eigenvalue weighted by Crippen LogP contribution is -2.31. The van der Waals surface area contributed by atoms with Crippen LogP contribution in [-0.4, -0.2) is 21.0 Å². The summed E-state index contributed by atoms with van der Waals surface area (Å²) in [6.07, 6.45) is 3.23. The fourth-order valence-corrected chi connectivity index (χ4v) is 2.86. The number of carbonyl (C=O) groups is 1. The maximum atomic E-state index is 13.4. The van der Waals surface area contributed by atoms with Gasteiger partial charge in [-0.3, -0.25) is 9.69 Å². The molecule has 7 nitrogen and oxygen atoms in total. The van der Waals surface area contributed by atoms with Crippen molar-refractivity contribution in [3.63, 3.8) is 0 Å². The molecule has 0 saturated heterocycles. The zero-order chi connectivity index (χ0) is 18.1. The molecule has 0 N–H and O–H groups in total. The van der Waals surface area contributed by atoms with Gasteiger partial charge in [0.2, 0.25) is 0 Å². The first-order valence-corrected chi connectivity index (χ1v) is 8.12. The van der Waals surface area contributed by atoms with Crippen molar-refractivity contribution in [2.45, 2.75) is 20.4 Å². The zero-order valence-electron chi connectivity index (χ0n) is 14.3. The second-order valence-corrected chi connectivity index (χ2v) is 5.92. The topological polar surface area (TPSA) is 85.3 Å². The molecule has 0 radical (unpaired) electrons. The van der Waals surface area contributed by atoms with Crippen molar-refractivity contribution in [2.24, 2.45) is 0 Å². The van der Waals surface area contributed by atoms with Gasteiger partial charge in [-0.2, -0.15) is 0 Å². The van der Waals surface area contributed by atoms with Crippen LogP contribution in [0.5, 0.6) is 0 Å². The lowest BCUT2D eigenvalue weighted by Gasteiger charge is -2.21. The average Bonchev–Trinajstić information content (AvgIpc) is 3.29. The van der Waals surface area contributed by atoms with E-state index in [0.717, 1.165) is 0 Å². The van der Waals surface area contributed by atoms with Crippen LogP contribution in [0.1, 0.15) is 27.5 Å². The van der Waals surface area contributed by atoms with Crippen molar-refractivity contribution in [2.75, 3.05) is 4.90 Å². The summed E-state index contributed by atoms with van der Waals surface area (Å²) in [6.45, 7) is 3.86. The standard InChI is InChI=1S/C19H16N4O3/c1-12-10-15(17-13(2)22-26-18(17)21-12)19(24)23(11-14-6-5-9-25-14)16-7-3-4-8-20-16/h3-10H,11H2,1-2H3. The molecule has 4 rings (SSSR count). The van der Waals surface area contributed by atoms with Crippen LogP contribution in [0.15, 0.2) is 57.8 Å². The summed E-state index contributed by atoms with van der Waals surface area (Å²) in [5.41, 5.74) is 2.12. The Morgan fingerprint density at radius 3 is 2.81 bits per heavy atom. The highest BCUT2D eigenvalue weighted by atomic mass is 16.5. The largest absolute Gasteiger partial charge is 0.467 e. The molecule has 0 aliphatic carbocycles. The minimum absolute atomic E-state index is 0.220. The van der Waals surface area contributed by atoms with Crippen LogP contribution in [0, 0.1) is 13.8 Å². The van der Waals surface area contributed by atoms with Gasteiger partial charge in [-0.05, 0) is 44.2 Å². The monoisotopic (exact) mass is 348 g/mol. The molecule has 0 aliphatic heterocycles. The molecule has 0 aromatic carbocycles. The van der Waals surface area contributed by atoms with Crippen LogP contribution in [0.2, 0.25) is 0 Å². The highest BCUT2D eigenvalue weighted by molar-refractivity contribution is 6.13. The Balaban J connectivity index is 1.83. The number of anilines is 1. The Kier molecular flexibility index (Phi) is 3.96. The summed E-state index contributed by atoms with van der Waals surface area (Å²) in [6, 6.07) is 10.8.